The van der Waals surface area contributed by atoms with Crippen LogP contribution < -0.4 is 4.74 Å². The van der Waals surface area contributed by atoms with Crippen molar-refractivity contribution in [2.75, 3.05) is 7.11 Å². The van der Waals surface area contributed by atoms with Gasteiger partial charge in [0.2, 0.25) is 0 Å². The van der Waals surface area contributed by atoms with Crippen LogP contribution in [0.15, 0.2) is 27.5 Å². The minimum Gasteiger partial charge on any atom is -0.497 e. The van der Waals surface area contributed by atoms with Gasteiger partial charge in [0.05, 0.1) is 19.0 Å². The smallest absolute Gasteiger partial charge is 0.307 e. The van der Waals surface area contributed by atoms with E-state index in [2.05, 4.69) is 20.9 Å². The second-order valence-corrected chi connectivity index (χ2v) is 7.28. The molecule has 0 aliphatic heterocycles. The van der Waals surface area contributed by atoms with Crippen molar-refractivity contribution in [1.82, 2.24) is 9.55 Å². The summed E-state index contributed by atoms with van der Waals surface area (Å²) in [7, 11) is 1.54. The number of methoxy groups -OCH3 is 1. The SMILES string of the molecule is COc1ccc2c(c1)c(CC(=O)O)c(C)n2C(=O)c1csc(Br)n1. The fourth-order valence-electron chi connectivity index (χ4n) is 2.69. The molecule has 0 aliphatic rings. The van der Waals surface area contributed by atoms with Crippen molar-refractivity contribution in [2.24, 2.45) is 0 Å². The summed E-state index contributed by atoms with van der Waals surface area (Å²) in [5, 5.41) is 11.6. The Morgan fingerprint density at radius 3 is 2.75 bits per heavy atom. The molecule has 3 rings (SSSR count). The van der Waals surface area contributed by atoms with Gasteiger partial charge in [0, 0.05) is 16.5 Å². The van der Waals surface area contributed by atoms with Crippen LogP contribution in [-0.4, -0.2) is 33.6 Å². The van der Waals surface area contributed by atoms with E-state index < -0.39 is 5.97 Å². The molecule has 0 unspecified atom stereocenters. The molecule has 8 heteroatoms. The molecule has 0 fully saturated rings. The van der Waals surface area contributed by atoms with Crippen molar-refractivity contribution in [3.8, 4) is 5.75 Å². The van der Waals surface area contributed by atoms with Crippen LogP contribution in [0, 0.1) is 6.92 Å². The monoisotopic (exact) mass is 408 g/mol. The molecule has 0 spiro atoms. The molecule has 3 aromatic rings. The molecule has 1 N–H and O–H groups in total. The molecule has 0 aliphatic carbocycles. The number of aliphatic carboxylic acids is 1. The van der Waals surface area contributed by atoms with Gasteiger partial charge in [-0.15, -0.1) is 11.3 Å². The molecule has 0 bridgehead atoms. The van der Waals surface area contributed by atoms with Gasteiger partial charge in [0.15, 0.2) is 3.92 Å². The maximum absolute atomic E-state index is 12.9. The number of hydrogen-bond acceptors (Lipinski definition) is 5. The Labute approximate surface area is 149 Å². The van der Waals surface area contributed by atoms with E-state index >= 15 is 0 Å². The van der Waals surface area contributed by atoms with E-state index in [1.807, 2.05) is 0 Å². The summed E-state index contributed by atoms with van der Waals surface area (Å²) in [6, 6.07) is 5.25. The third kappa shape index (κ3) is 2.83. The topological polar surface area (TPSA) is 81.4 Å². The molecule has 6 nitrogen and oxygen atoms in total. The van der Waals surface area contributed by atoms with Crippen LogP contribution in [-0.2, 0) is 11.2 Å². The molecule has 0 amide bonds. The lowest BCUT2D eigenvalue weighted by Crippen LogP contribution is -2.14. The zero-order chi connectivity index (χ0) is 17.4. The minimum absolute atomic E-state index is 0.170. The standard InChI is InChI=1S/C16H13BrN2O4S/c1-8-10(6-14(20)21)11-5-9(23-2)3-4-13(11)19(8)15(22)12-7-24-16(17)18-12/h3-5,7H,6H2,1-2H3,(H,20,21). The van der Waals surface area contributed by atoms with E-state index in [0.29, 0.717) is 37.5 Å². The third-order valence-corrected chi connectivity index (χ3v) is 5.13. The first-order valence-electron chi connectivity index (χ1n) is 6.97. The van der Waals surface area contributed by atoms with Gasteiger partial charge < -0.3 is 9.84 Å². The second-order valence-electron chi connectivity index (χ2n) is 5.14. The van der Waals surface area contributed by atoms with Gasteiger partial charge in [-0.25, -0.2) is 4.98 Å². The van der Waals surface area contributed by atoms with Gasteiger partial charge in [-0.1, -0.05) is 0 Å². The normalized spacial score (nSPS) is 11.0. The van der Waals surface area contributed by atoms with Crippen molar-refractivity contribution in [2.45, 2.75) is 13.3 Å². The summed E-state index contributed by atoms with van der Waals surface area (Å²) in [4.78, 5) is 28.2. The Bertz CT molecular complexity index is 961. The van der Waals surface area contributed by atoms with Gasteiger partial charge in [-0.3, -0.25) is 14.2 Å². The minimum atomic E-state index is -0.955. The van der Waals surface area contributed by atoms with Crippen LogP contribution in [0.25, 0.3) is 10.9 Å². The molecule has 0 radical (unpaired) electrons. The van der Waals surface area contributed by atoms with Gasteiger partial charge >= 0.3 is 5.97 Å². The van der Waals surface area contributed by atoms with Gasteiger partial charge in [0.25, 0.3) is 5.91 Å². The molecular formula is C16H13BrN2O4S. The van der Waals surface area contributed by atoms with E-state index in [9.17, 15) is 14.7 Å². The number of fused-ring (bicyclic) bond motifs is 1. The van der Waals surface area contributed by atoms with Crippen LogP contribution in [0.3, 0.4) is 0 Å². The Morgan fingerprint density at radius 2 is 2.17 bits per heavy atom. The number of carboxylic acid groups (broad SMARTS) is 1. The maximum Gasteiger partial charge on any atom is 0.307 e. The lowest BCUT2D eigenvalue weighted by Gasteiger charge is -2.05. The number of benzene rings is 1. The summed E-state index contributed by atoms with van der Waals surface area (Å²) < 4.78 is 7.35. The van der Waals surface area contributed by atoms with Crippen molar-refractivity contribution in [1.29, 1.82) is 0 Å². The van der Waals surface area contributed by atoms with E-state index in [-0.39, 0.29) is 12.3 Å². The average molecular weight is 409 g/mol. The Balaban J connectivity index is 2.25. The number of hydrogen-bond donors (Lipinski definition) is 1. The van der Waals surface area contributed by atoms with Crippen molar-refractivity contribution in [3.63, 3.8) is 0 Å². The zero-order valence-corrected chi connectivity index (χ0v) is 15.3. The highest BCUT2D eigenvalue weighted by Gasteiger charge is 2.23. The number of ether oxygens (including phenoxy) is 1. The van der Waals surface area contributed by atoms with Crippen molar-refractivity contribution >= 4 is 50.0 Å². The van der Waals surface area contributed by atoms with Gasteiger partial charge in [-0.2, -0.15) is 0 Å². The summed E-state index contributed by atoms with van der Waals surface area (Å²) >= 11 is 4.57. The quantitative estimate of drug-likeness (QED) is 0.714. The Kier molecular flexibility index (Phi) is 4.42. The maximum atomic E-state index is 12.9. The van der Waals surface area contributed by atoms with Crippen LogP contribution in [0.1, 0.15) is 21.7 Å². The highest BCUT2D eigenvalue weighted by atomic mass is 79.9. The first kappa shape index (κ1) is 16.7. The number of carbonyl (C=O) groups excluding carboxylic acids is 1. The summed E-state index contributed by atoms with van der Waals surface area (Å²) in [5.74, 6) is -0.639. The average Bonchev–Trinajstić information content (AvgIpc) is 3.09. The molecule has 24 heavy (non-hydrogen) atoms. The third-order valence-electron chi connectivity index (χ3n) is 3.77. The molecular weight excluding hydrogens is 396 g/mol. The first-order valence-corrected chi connectivity index (χ1v) is 8.65. The first-order chi connectivity index (χ1) is 11.4. The lowest BCUT2D eigenvalue weighted by atomic mass is 10.1. The van der Waals surface area contributed by atoms with E-state index in [1.165, 1.54) is 15.9 Å². The van der Waals surface area contributed by atoms with E-state index in [1.54, 1.807) is 37.6 Å². The fraction of sp³-hybridized carbons (Fsp3) is 0.188. The van der Waals surface area contributed by atoms with Crippen LogP contribution in [0.4, 0.5) is 0 Å². The number of nitrogens with zero attached hydrogens (tertiary/aromatic N) is 2. The molecule has 0 atom stereocenters. The lowest BCUT2D eigenvalue weighted by molar-refractivity contribution is -0.136. The summed E-state index contributed by atoms with van der Waals surface area (Å²) in [6.07, 6.45) is -0.170. The van der Waals surface area contributed by atoms with Crippen molar-refractivity contribution < 1.29 is 19.4 Å². The highest BCUT2D eigenvalue weighted by Crippen LogP contribution is 2.31. The number of carbonyl (C=O) groups is 2. The molecule has 1 aromatic carbocycles. The summed E-state index contributed by atoms with van der Waals surface area (Å²) in [6.45, 7) is 1.74. The van der Waals surface area contributed by atoms with Gasteiger partial charge in [-0.05, 0) is 46.6 Å². The number of thiazole rings is 1. The predicted molar refractivity (Wildman–Crippen MR) is 94.1 cm³/mol. The summed E-state index contributed by atoms with van der Waals surface area (Å²) in [5.41, 5.74) is 2.14. The van der Waals surface area contributed by atoms with Gasteiger partial charge in [0.1, 0.15) is 11.4 Å². The molecule has 0 saturated heterocycles. The molecule has 124 valence electrons. The highest BCUT2D eigenvalue weighted by molar-refractivity contribution is 9.11. The number of aromatic nitrogens is 2. The zero-order valence-electron chi connectivity index (χ0n) is 12.9. The Morgan fingerprint density at radius 1 is 1.42 bits per heavy atom. The van der Waals surface area contributed by atoms with Crippen LogP contribution in [0.2, 0.25) is 0 Å². The fourth-order valence-corrected chi connectivity index (χ4v) is 3.67. The van der Waals surface area contributed by atoms with E-state index in [0.717, 1.165) is 0 Å². The number of rotatable bonds is 4. The largest absolute Gasteiger partial charge is 0.497 e. The molecule has 2 aromatic heterocycles. The van der Waals surface area contributed by atoms with E-state index in [4.69, 9.17) is 4.74 Å². The Hall–Kier alpha value is -2.19. The van der Waals surface area contributed by atoms with Crippen LogP contribution >= 0.6 is 27.3 Å². The number of carboxylic acids is 1. The second kappa shape index (κ2) is 6.37. The van der Waals surface area contributed by atoms with Crippen LogP contribution in [0.5, 0.6) is 5.75 Å². The number of halogens is 1. The molecule has 2 heterocycles. The van der Waals surface area contributed by atoms with Crippen molar-refractivity contribution in [3.05, 3.63) is 44.4 Å². The predicted octanol–water partition coefficient (Wildman–Crippen LogP) is 3.49. The molecule has 0 saturated carbocycles.